The Bertz CT molecular complexity index is 738. The van der Waals surface area contributed by atoms with Crippen molar-refractivity contribution >= 4 is 23.6 Å². The van der Waals surface area contributed by atoms with E-state index in [4.69, 9.17) is 0 Å². The maximum absolute atomic E-state index is 12.7. The normalized spacial score (nSPS) is 10.8. The summed E-state index contributed by atoms with van der Waals surface area (Å²) in [5, 5.41) is 9.42. The van der Waals surface area contributed by atoms with Crippen LogP contribution < -0.4 is 4.90 Å². The van der Waals surface area contributed by atoms with Gasteiger partial charge >= 0.3 is 5.97 Å². The molecule has 1 N–H and O–H groups in total. The average Bonchev–Trinajstić information content (AvgIpc) is 2.64. The van der Waals surface area contributed by atoms with Crippen molar-refractivity contribution in [1.29, 1.82) is 0 Å². The summed E-state index contributed by atoms with van der Waals surface area (Å²) in [6.45, 7) is 2.59. The molecule has 0 spiro atoms. The topological polar surface area (TPSA) is 57.6 Å². The summed E-state index contributed by atoms with van der Waals surface area (Å²) in [5.74, 6) is -1.25. The number of carbonyl (C=O) groups is 2. The maximum atomic E-state index is 12.7. The van der Waals surface area contributed by atoms with Crippen LogP contribution in [0.1, 0.15) is 42.1 Å². The molecule has 25 heavy (non-hydrogen) atoms. The Labute approximate surface area is 148 Å². The summed E-state index contributed by atoms with van der Waals surface area (Å²) < 4.78 is 0. The first-order valence-corrected chi connectivity index (χ1v) is 8.50. The second-order valence-corrected chi connectivity index (χ2v) is 5.76. The molecule has 0 radical (unpaired) electrons. The van der Waals surface area contributed by atoms with Crippen LogP contribution in [0.5, 0.6) is 0 Å². The van der Waals surface area contributed by atoms with Gasteiger partial charge in [-0.05, 0) is 30.2 Å². The molecule has 0 saturated carbocycles. The highest BCUT2D eigenvalue weighted by Crippen LogP contribution is 2.22. The first kappa shape index (κ1) is 18.5. The fraction of sp³-hybridized carbons (Fsp3) is 0.238. The molecule has 0 aliphatic rings. The lowest BCUT2D eigenvalue weighted by atomic mass is 10.1. The van der Waals surface area contributed by atoms with Gasteiger partial charge in [-0.2, -0.15) is 0 Å². The number of aromatic carboxylic acids is 1. The van der Waals surface area contributed by atoms with Crippen molar-refractivity contribution in [1.82, 2.24) is 0 Å². The summed E-state index contributed by atoms with van der Waals surface area (Å²) in [6, 6.07) is 16.2. The van der Waals surface area contributed by atoms with Crippen LogP contribution in [-0.4, -0.2) is 23.5 Å². The Hall–Kier alpha value is -2.88. The molecule has 0 unspecified atom stereocenters. The molecule has 130 valence electrons. The number of hydrogen-bond donors (Lipinski definition) is 1. The second kappa shape index (κ2) is 9.42. The van der Waals surface area contributed by atoms with E-state index >= 15 is 0 Å². The molecule has 4 nitrogen and oxygen atoms in total. The Kier molecular flexibility index (Phi) is 6.96. The SMILES string of the molecule is CCCCCN(C(=O)C=Cc1ccccc1)c1ccccc1C(=O)O. The van der Waals surface area contributed by atoms with Crippen molar-refractivity contribution < 1.29 is 14.7 Å². The van der Waals surface area contributed by atoms with E-state index in [-0.39, 0.29) is 11.5 Å². The zero-order valence-corrected chi connectivity index (χ0v) is 14.4. The number of anilines is 1. The molecule has 2 aromatic carbocycles. The van der Waals surface area contributed by atoms with Gasteiger partial charge in [-0.1, -0.05) is 62.2 Å². The monoisotopic (exact) mass is 337 g/mol. The van der Waals surface area contributed by atoms with Crippen LogP contribution >= 0.6 is 0 Å². The average molecular weight is 337 g/mol. The van der Waals surface area contributed by atoms with Crippen molar-refractivity contribution in [2.45, 2.75) is 26.2 Å². The summed E-state index contributed by atoms with van der Waals surface area (Å²) in [5.41, 5.74) is 1.50. The summed E-state index contributed by atoms with van der Waals surface area (Å²) in [6.07, 6.45) is 6.09. The number of amides is 1. The van der Waals surface area contributed by atoms with Gasteiger partial charge in [-0.15, -0.1) is 0 Å². The van der Waals surface area contributed by atoms with Crippen molar-refractivity contribution in [2.75, 3.05) is 11.4 Å². The van der Waals surface area contributed by atoms with Gasteiger partial charge < -0.3 is 10.0 Å². The van der Waals surface area contributed by atoms with Gasteiger partial charge in [0.2, 0.25) is 0 Å². The smallest absolute Gasteiger partial charge is 0.337 e. The number of nitrogens with zero attached hydrogens (tertiary/aromatic N) is 1. The predicted molar refractivity (Wildman–Crippen MR) is 101 cm³/mol. The Morgan fingerprint density at radius 2 is 1.68 bits per heavy atom. The van der Waals surface area contributed by atoms with E-state index in [0.717, 1.165) is 24.8 Å². The van der Waals surface area contributed by atoms with E-state index in [0.29, 0.717) is 12.2 Å². The standard InChI is InChI=1S/C21H23NO3/c1-2-3-9-16-22(19-13-8-7-12-18(19)21(24)25)20(23)15-14-17-10-5-4-6-11-17/h4-8,10-15H,2-3,9,16H2,1H3,(H,24,25). The molecule has 0 saturated heterocycles. The lowest BCUT2D eigenvalue weighted by molar-refractivity contribution is -0.114. The third kappa shape index (κ3) is 5.31. The number of unbranched alkanes of at least 4 members (excludes halogenated alkanes) is 2. The summed E-state index contributed by atoms with van der Waals surface area (Å²) in [7, 11) is 0. The molecule has 2 aromatic rings. The fourth-order valence-electron chi connectivity index (χ4n) is 2.58. The summed E-state index contributed by atoms with van der Waals surface area (Å²) in [4.78, 5) is 25.8. The molecular weight excluding hydrogens is 314 g/mol. The second-order valence-electron chi connectivity index (χ2n) is 5.76. The van der Waals surface area contributed by atoms with Gasteiger partial charge in [0.05, 0.1) is 11.3 Å². The van der Waals surface area contributed by atoms with Crippen LogP contribution in [0.25, 0.3) is 6.08 Å². The minimum atomic E-state index is -1.03. The van der Waals surface area contributed by atoms with E-state index < -0.39 is 5.97 Å². The van der Waals surface area contributed by atoms with Gasteiger partial charge in [-0.25, -0.2) is 4.79 Å². The van der Waals surface area contributed by atoms with Crippen molar-refractivity contribution in [3.63, 3.8) is 0 Å². The lowest BCUT2D eigenvalue weighted by Crippen LogP contribution is -2.31. The zero-order valence-electron chi connectivity index (χ0n) is 14.4. The molecule has 2 rings (SSSR count). The molecule has 0 aromatic heterocycles. The van der Waals surface area contributed by atoms with Crippen LogP contribution in [0.2, 0.25) is 0 Å². The van der Waals surface area contributed by atoms with Gasteiger partial charge in [-0.3, -0.25) is 4.79 Å². The third-order valence-electron chi connectivity index (χ3n) is 3.89. The van der Waals surface area contributed by atoms with Crippen molar-refractivity contribution in [3.05, 3.63) is 71.8 Å². The van der Waals surface area contributed by atoms with Crippen LogP contribution in [-0.2, 0) is 4.79 Å². The highest BCUT2D eigenvalue weighted by molar-refractivity contribution is 6.07. The number of para-hydroxylation sites is 1. The first-order valence-electron chi connectivity index (χ1n) is 8.50. The Morgan fingerprint density at radius 3 is 2.36 bits per heavy atom. The molecule has 0 bridgehead atoms. The largest absolute Gasteiger partial charge is 0.478 e. The van der Waals surface area contributed by atoms with Crippen molar-refractivity contribution in [3.8, 4) is 0 Å². The predicted octanol–water partition coefficient (Wildman–Crippen LogP) is 4.62. The van der Waals surface area contributed by atoms with Crippen LogP contribution in [0.15, 0.2) is 60.7 Å². The minimum absolute atomic E-state index is 0.139. The van der Waals surface area contributed by atoms with Crippen molar-refractivity contribution in [2.24, 2.45) is 0 Å². The fourth-order valence-corrected chi connectivity index (χ4v) is 2.58. The van der Waals surface area contributed by atoms with E-state index in [1.54, 1.807) is 29.2 Å². The zero-order chi connectivity index (χ0) is 18.1. The van der Waals surface area contributed by atoms with Crippen LogP contribution in [0, 0.1) is 0 Å². The minimum Gasteiger partial charge on any atom is -0.478 e. The van der Waals surface area contributed by atoms with Gasteiger partial charge in [0.15, 0.2) is 0 Å². The molecule has 0 fully saturated rings. The number of rotatable bonds is 8. The highest BCUT2D eigenvalue weighted by atomic mass is 16.4. The van der Waals surface area contributed by atoms with Gasteiger partial charge in [0.1, 0.15) is 0 Å². The van der Waals surface area contributed by atoms with E-state index in [1.807, 2.05) is 30.3 Å². The molecular formula is C21H23NO3. The number of benzene rings is 2. The van der Waals surface area contributed by atoms with Crippen LogP contribution in [0.4, 0.5) is 5.69 Å². The lowest BCUT2D eigenvalue weighted by Gasteiger charge is -2.23. The maximum Gasteiger partial charge on any atom is 0.337 e. The molecule has 4 heteroatoms. The molecule has 0 heterocycles. The highest BCUT2D eigenvalue weighted by Gasteiger charge is 2.19. The Morgan fingerprint density at radius 1 is 1.00 bits per heavy atom. The summed E-state index contributed by atoms with van der Waals surface area (Å²) >= 11 is 0. The third-order valence-corrected chi connectivity index (χ3v) is 3.89. The molecule has 0 atom stereocenters. The number of carbonyl (C=O) groups excluding carboxylic acids is 1. The van der Waals surface area contributed by atoms with Gasteiger partial charge in [0.25, 0.3) is 5.91 Å². The number of carboxylic acids is 1. The van der Waals surface area contributed by atoms with E-state index in [9.17, 15) is 14.7 Å². The Balaban J connectivity index is 2.28. The molecule has 1 amide bonds. The quantitative estimate of drug-likeness (QED) is 0.565. The molecule has 0 aliphatic carbocycles. The number of carboxylic acid groups (broad SMARTS) is 1. The van der Waals surface area contributed by atoms with Gasteiger partial charge in [0, 0.05) is 12.6 Å². The van der Waals surface area contributed by atoms with E-state index in [2.05, 4.69) is 6.92 Å². The first-order chi connectivity index (χ1) is 12.1. The molecule has 0 aliphatic heterocycles. The van der Waals surface area contributed by atoms with E-state index in [1.165, 1.54) is 12.1 Å². The van der Waals surface area contributed by atoms with Crippen LogP contribution in [0.3, 0.4) is 0 Å². The number of hydrogen-bond acceptors (Lipinski definition) is 2.